The number of hydrogen-bond donors (Lipinski definition) is 0. The predicted octanol–water partition coefficient (Wildman–Crippen LogP) is 4.42. The zero-order chi connectivity index (χ0) is 12.6. The molecular formula is C14H17NS. The van der Waals surface area contributed by atoms with Gasteiger partial charge in [0.2, 0.25) is 0 Å². The molecule has 0 aromatic rings. The molecule has 2 heteroatoms. The highest BCUT2D eigenvalue weighted by Gasteiger charge is 2.07. The first kappa shape index (κ1) is 14.5. The van der Waals surface area contributed by atoms with E-state index in [-0.39, 0.29) is 0 Å². The van der Waals surface area contributed by atoms with Crippen LogP contribution in [0.2, 0.25) is 0 Å². The Kier molecular flexibility index (Phi) is 6.97. The van der Waals surface area contributed by atoms with E-state index >= 15 is 0 Å². The largest absolute Gasteiger partial charge is 0.181 e. The summed E-state index contributed by atoms with van der Waals surface area (Å²) in [6.45, 7) is 15.4. The highest BCUT2D eigenvalue weighted by molar-refractivity contribution is 7.47. The van der Waals surface area contributed by atoms with Crippen molar-refractivity contribution in [1.82, 2.24) is 0 Å². The average Bonchev–Trinajstić information content (AvgIpc) is 2.31. The van der Waals surface area contributed by atoms with Crippen molar-refractivity contribution in [3.8, 4) is 0 Å². The van der Waals surface area contributed by atoms with E-state index in [2.05, 4.69) is 24.1 Å². The molecule has 16 heavy (non-hydrogen) atoms. The summed E-state index contributed by atoms with van der Waals surface area (Å²) >= 11 is 4.72. The van der Waals surface area contributed by atoms with Gasteiger partial charge in [0.25, 0.3) is 0 Å². The molecule has 0 spiro atoms. The van der Waals surface area contributed by atoms with Crippen molar-refractivity contribution in [2.45, 2.75) is 13.8 Å². The molecule has 0 aliphatic heterocycles. The minimum atomic E-state index is 0.746. The van der Waals surface area contributed by atoms with E-state index in [1.807, 2.05) is 38.2 Å². The van der Waals surface area contributed by atoms with Crippen LogP contribution in [-0.4, -0.2) is 0 Å². The average molecular weight is 231 g/mol. The second-order valence-electron chi connectivity index (χ2n) is 3.07. The SMILES string of the molecule is C=C/C=C\C(=C)C(=C)C(=C/C)/C(=C\C)N=S. The third-order valence-electron chi connectivity index (χ3n) is 2.08. The van der Waals surface area contributed by atoms with Crippen molar-refractivity contribution in [1.29, 1.82) is 0 Å². The van der Waals surface area contributed by atoms with Crippen molar-refractivity contribution in [2.24, 2.45) is 4.36 Å². The Hall–Kier alpha value is -1.54. The number of hydrogen-bond acceptors (Lipinski definition) is 2. The first-order chi connectivity index (χ1) is 7.62. The normalized spacial score (nSPS) is 12.6. The molecule has 0 amide bonds. The van der Waals surface area contributed by atoms with Gasteiger partial charge in [0.1, 0.15) is 0 Å². The molecule has 0 aliphatic rings. The Morgan fingerprint density at radius 1 is 1.19 bits per heavy atom. The molecular weight excluding hydrogens is 214 g/mol. The molecule has 0 N–H and O–H groups in total. The minimum absolute atomic E-state index is 0.746. The second kappa shape index (κ2) is 7.71. The van der Waals surface area contributed by atoms with Crippen molar-refractivity contribution in [3.63, 3.8) is 0 Å². The van der Waals surface area contributed by atoms with Crippen LogP contribution in [0.4, 0.5) is 0 Å². The highest BCUT2D eigenvalue weighted by atomic mass is 32.1. The van der Waals surface area contributed by atoms with E-state index in [4.69, 9.17) is 12.4 Å². The first-order valence-corrected chi connectivity index (χ1v) is 5.32. The van der Waals surface area contributed by atoms with E-state index in [1.165, 1.54) is 0 Å². The van der Waals surface area contributed by atoms with Crippen LogP contribution in [0.15, 0.2) is 76.9 Å². The molecule has 0 atom stereocenters. The van der Waals surface area contributed by atoms with Crippen molar-refractivity contribution >= 4 is 12.4 Å². The molecule has 0 bridgehead atoms. The van der Waals surface area contributed by atoms with Gasteiger partial charge in [-0.25, -0.2) is 0 Å². The summed E-state index contributed by atoms with van der Waals surface area (Å²) in [6, 6.07) is 0. The molecule has 0 aliphatic carbocycles. The lowest BCUT2D eigenvalue weighted by atomic mass is 9.97. The third kappa shape index (κ3) is 3.91. The zero-order valence-electron chi connectivity index (χ0n) is 9.86. The monoisotopic (exact) mass is 231 g/mol. The highest BCUT2D eigenvalue weighted by Crippen LogP contribution is 2.24. The topological polar surface area (TPSA) is 12.4 Å². The summed E-state index contributed by atoms with van der Waals surface area (Å²) in [5, 5.41) is 0. The Morgan fingerprint density at radius 2 is 1.81 bits per heavy atom. The molecule has 0 fully saturated rings. The van der Waals surface area contributed by atoms with Crippen molar-refractivity contribution in [3.05, 3.63) is 72.5 Å². The van der Waals surface area contributed by atoms with Gasteiger partial charge in [-0.3, -0.25) is 0 Å². The number of nitrogens with zero attached hydrogens (tertiary/aromatic N) is 1. The quantitative estimate of drug-likeness (QED) is 0.616. The van der Waals surface area contributed by atoms with Gasteiger partial charge in [0.15, 0.2) is 0 Å². The Bertz CT molecular complexity index is 395. The van der Waals surface area contributed by atoms with E-state index in [1.54, 1.807) is 6.08 Å². The Morgan fingerprint density at radius 3 is 2.19 bits per heavy atom. The maximum atomic E-state index is 4.72. The smallest absolute Gasteiger partial charge is 0.0801 e. The number of rotatable bonds is 6. The summed E-state index contributed by atoms with van der Waals surface area (Å²) in [6.07, 6.45) is 9.16. The maximum absolute atomic E-state index is 4.72. The minimum Gasteiger partial charge on any atom is -0.181 e. The lowest BCUT2D eigenvalue weighted by Gasteiger charge is -2.10. The maximum Gasteiger partial charge on any atom is 0.0801 e. The Balaban J connectivity index is 5.09. The van der Waals surface area contributed by atoms with Gasteiger partial charge < -0.3 is 0 Å². The van der Waals surface area contributed by atoms with Gasteiger partial charge in [-0.1, -0.05) is 50.1 Å². The fourth-order valence-corrected chi connectivity index (χ4v) is 1.40. The molecule has 0 aromatic carbocycles. The zero-order valence-corrected chi connectivity index (χ0v) is 10.7. The molecule has 0 heterocycles. The van der Waals surface area contributed by atoms with E-state index in [0.29, 0.717) is 0 Å². The van der Waals surface area contributed by atoms with Crippen LogP contribution in [0.3, 0.4) is 0 Å². The molecule has 0 rings (SSSR count). The van der Waals surface area contributed by atoms with Crippen LogP contribution in [0.5, 0.6) is 0 Å². The van der Waals surface area contributed by atoms with Gasteiger partial charge in [-0.05, 0) is 25.0 Å². The van der Waals surface area contributed by atoms with E-state index in [0.717, 1.165) is 22.4 Å². The van der Waals surface area contributed by atoms with Gasteiger partial charge in [-0.2, -0.15) is 4.36 Å². The summed E-state index contributed by atoms with van der Waals surface area (Å²) < 4.78 is 3.79. The first-order valence-electron chi connectivity index (χ1n) is 4.96. The third-order valence-corrected chi connectivity index (χ3v) is 2.28. The van der Waals surface area contributed by atoms with E-state index < -0.39 is 0 Å². The molecule has 84 valence electrons. The molecule has 0 saturated carbocycles. The van der Waals surface area contributed by atoms with Crippen molar-refractivity contribution < 1.29 is 0 Å². The summed E-state index contributed by atoms with van der Waals surface area (Å²) in [7, 11) is 0. The van der Waals surface area contributed by atoms with Gasteiger partial charge in [0.05, 0.1) is 5.70 Å². The fourth-order valence-electron chi connectivity index (χ4n) is 1.19. The molecule has 0 aromatic heterocycles. The van der Waals surface area contributed by atoms with Crippen LogP contribution >= 0.6 is 0 Å². The lowest BCUT2D eigenvalue weighted by molar-refractivity contribution is 1.30. The van der Waals surface area contributed by atoms with Crippen LogP contribution in [-0.2, 0) is 12.4 Å². The van der Waals surface area contributed by atoms with E-state index in [9.17, 15) is 0 Å². The standard InChI is InChI=1S/C14H17NS/c1-6-9-10-11(4)12(5)13(7-2)14(8-3)15-16/h6-10H,1,4-5H2,2-3H3/b10-9-,13-7-,14-8+. The second-order valence-corrected chi connectivity index (χ2v) is 3.25. The van der Waals surface area contributed by atoms with Crippen molar-refractivity contribution in [2.75, 3.05) is 0 Å². The molecule has 0 radical (unpaired) electrons. The molecule has 0 saturated heterocycles. The molecule has 0 unspecified atom stereocenters. The van der Waals surface area contributed by atoms with Crippen LogP contribution in [0.1, 0.15) is 13.8 Å². The van der Waals surface area contributed by atoms with Crippen LogP contribution in [0.25, 0.3) is 0 Å². The van der Waals surface area contributed by atoms with Crippen LogP contribution in [0, 0.1) is 0 Å². The summed E-state index contributed by atoms with van der Waals surface area (Å²) in [5.41, 5.74) is 3.31. The fraction of sp³-hybridized carbons (Fsp3) is 0.143. The predicted molar refractivity (Wildman–Crippen MR) is 74.9 cm³/mol. The van der Waals surface area contributed by atoms with Crippen LogP contribution < -0.4 is 0 Å². The lowest BCUT2D eigenvalue weighted by Crippen LogP contribution is -1.92. The van der Waals surface area contributed by atoms with Gasteiger partial charge in [0, 0.05) is 18.0 Å². The summed E-state index contributed by atoms with van der Waals surface area (Å²) in [4.78, 5) is 0. The summed E-state index contributed by atoms with van der Waals surface area (Å²) in [5.74, 6) is 0. The molecule has 1 nitrogen and oxygen atoms in total. The number of allylic oxidation sites excluding steroid dienone is 7. The van der Waals surface area contributed by atoms with Gasteiger partial charge >= 0.3 is 0 Å². The van der Waals surface area contributed by atoms with Gasteiger partial charge in [-0.15, -0.1) is 0 Å². The Labute approximate surface area is 103 Å².